The number of ether oxygens (including phenoxy) is 1. The Hall–Kier alpha value is -1.13. The molecule has 0 unspecified atom stereocenters. The van der Waals surface area contributed by atoms with Gasteiger partial charge in [-0.05, 0) is 31.7 Å². The van der Waals surface area contributed by atoms with Gasteiger partial charge < -0.3 is 15.6 Å². The van der Waals surface area contributed by atoms with Crippen molar-refractivity contribution in [2.75, 3.05) is 7.11 Å². The van der Waals surface area contributed by atoms with Crippen molar-refractivity contribution >= 4 is 0 Å². The van der Waals surface area contributed by atoms with Crippen molar-refractivity contribution in [2.45, 2.75) is 37.3 Å². The van der Waals surface area contributed by atoms with Crippen molar-refractivity contribution in [2.24, 2.45) is 5.73 Å². The van der Waals surface area contributed by atoms with E-state index in [1.165, 1.54) is 0 Å². The van der Waals surface area contributed by atoms with Gasteiger partial charge in [-0.25, -0.2) is 4.98 Å². The first kappa shape index (κ1) is 11.4. The number of aromatic nitrogens is 1. The Balaban J connectivity index is 2.21. The third kappa shape index (κ3) is 2.18. The Morgan fingerprint density at radius 1 is 1.44 bits per heavy atom. The van der Waals surface area contributed by atoms with Crippen LogP contribution in [0.3, 0.4) is 0 Å². The van der Waals surface area contributed by atoms with E-state index in [1.54, 1.807) is 7.11 Å². The van der Waals surface area contributed by atoms with Crippen molar-refractivity contribution in [3.63, 3.8) is 0 Å². The molecule has 0 amide bonds. The first-order chi connectivity index (χ1) is 7.64. The lowest BCUT2D eigenvalue weighted by atomic mass is 9.79. The molecule has 16 heavy (non-hydrogen) atoms. The van der Waals surface area contributed by atoms with Crippen LogP contribution in [-0.2, 0) is 5.54 Å². The Morgan fingerprint density at radius 3 is 2.75 bits per heavy atom. The Labute approximate surface area is 95.4 Å². The minimum atomic E-state index is -0.409. The lowest BCUT2D eigenvalue weighted by molar-refractivity contribution is 0.0954. The number of pyridine rings is 1. The van der Waals surface area contributed by atoms with Crippen molar-refractivity contribution in [3.05, 3.63) is 23.9 Å². The molecule has 3 N–H and O–H groups in total. The van der Waals surface area contributed by atoms with Crippen LogP contribution in [0.15, 0.2) is 18.2 Å². The van der Waals surface area contributed by atoms with Gasteiger partial charge in [-0.2, -0.15) is 0 Å². The zero-order chi connectivity index (χ0) is 11.6. The molecule has 1 heterocycles. The molecule has 2 rings (SSSR count). The van der Waals surface area contributed by atoms with E-state index in [9.17, 15) is 5.11 Å². The highest BCUT2D eigenvalue weighted by atomic mass is 16.5. The van der Waals surface area contributed by atoms with E-state index >= 15 is 0 Å². The van der Waals surface area contributed by atoms with Crippen LogP contribution in [0.25, 0.3) is 0 Å². The molecule has 0 saturated heterocycles. The Bertz CT molecular complexity index is 360. The van der Waals surface area contributed by atoms with Crippen LogP contribution in [0.4, 0.5) is 0 Å². The van der Waals surface area contributed by atoms with Crippen LogP contribution in [0, 0.1) is 0 Å². The summed E-state index contributed by atoms with van der Waals surface area (Å²) in [5.74, 6) is 0.591. The fourth-order valence-electron chi connectivity index (χ4n) is 2.18. The predicted octanol–water partition coefficient (Wildman–Crippen LogP) is 1.18. The van der Waals surface area contributed by atoms with Crippen molar-refractivity contribution in [3.8, 4) is 5.88 Å². The third-order valence-corrected chi connectivity index (χ3v) is 3.29. The second-order valence-electron chi connectivity index (χ2n) is 4.45. The molecule has 88 valence electrons. The second-order valence-corrected chi connectivity index (χ2v) is 4.45. The lowest BCUT2D eigenvalue weighted by Gasteiger charge is -2.35. The highest BCUT2D eigenvalue weighted by Gasteiger charge is 2.33. The maximum atomic E-state index is 9.49. The summed E-state index contributed by atoms with van der Waals surface area (Å²) in [5.41, 5.74) is 6.79. The maximum absolute atomic E-state index is 9.49. The molecule has 0 bridgehead atoms. The van der Waals surface area contributed by atoms with Gasteiger partial charge in [0, 0.05) is 6.07 Å². The van der Waals surface area contributed by atoms with E-state index in [1.807, 2.05) is 18.2 Å². The fourth-order valence-corrected chi connectivity index (χ4v) is 2.18. The minimum absolute atomic E-state index is 0.206. The third-order valence-electron chi connectivity index (χ3n) is 3.29. The Kier molecular flexibility index (Phi) is 3.12. The van der Waals surface area contributed by atoms with Crippen molar-refractivity contribution in [1.82, 2.24) is 4.98 Å². The quantitative estimate of drug-likeness (QED) is 0.788. The van der Waals surface area contributed by atoms with E-state index in [0.29, 0.717) is 5.88 Å². The van der Waals surface area contributed by atoms with E-state index in [4.69, 9.17) is 10.5 Å². The van der Waals surface area contributed by atoms with Crippen LogP contribution in [0.5, 0.6) is 5.88 Å². The smallest absolute Gasteiger partial charge is 0.213 e. The first-order valence-electron chi connectivity index (χ1n) is 5.62. The van der Waals surface area contributed by atoms with Gasteiger partial charge in [-0.15, -0.1) is 0 Å². The standard InChI is InChI=1S/C12H18N2O2/c1-16-11-4-2-3-10(14-11)12(13)7-5-9(15)6-8-12/h2-4,9,15H,5-8,13H2,1H3. The van der Waals surface area contributed by atoms with Crippen molar-refractivity contribution in [1.29, 1.82) is 0 Å². The molecule has 0 spiro atoms. The molecule has 0 radical (unpaired) electrons. The number of hydrogen-bond donors (Lipinski definition) is 2. The molecule has 1 fully saturated rings. The number of nitrogens with zero attached hydrogens (tertiary/aromatic N) is 1. The van der Waals surface area contributed by atoms with E-state index in [-0.39, 0.29) is 6.10 Å². The van der Waals surface area contributed by atoms with Crippen LogP contribution in [0.1, 0.15) is 31.4 Å². The predicted molar refractivity (Wildman–Crippen MR) is 61.1 cm³/mol. The largest absolute Gasteiger partial charge is 0.481 e. The Morgan fingerprint density at radius 2 is 2.12 bits per heavy atom. The highest BCUT2D eigenvalue weighted by molar-refractivity contribution is 5.22. The van der Waals surface area contributed by atoms with Crippen molar-refractivity contribution < 1.29 is 9.84 Å². The van der Waals surface area contributed by atoms with Gasteiger partial charge in [0.15, 0.2) is 0 Å². The fraction of sp³-hybridized carbons (Fsp3) is 0.583. The van der Waals surface area contributed by atoms with Gasteiger partial charge in [0.25, 0.3) is 0 Å². The van der Waals surface area contributed by atoms with Gasteiger partial charge in [0.05, 0.1) is 24.4 Å². The molecular formula is C12H18N2O2. The normalized spacial score (nSPS) is 30.1. The molecule has 0 aliphatic heterocycles. The minimum Gasteiger partial charge on any atom is -0.481 e. The lowest BCUT2D eigenvalue weighted by Crippen LogP contribution is -2.42. The molecule has 1 aromatic heterocycles. The van der Waals surface area contributed by atoms with Gasteiger partial charge in [0.1, 0.15) is 0 Å². The summed E-state index contributed by atoms with van der Waals surface area (Å²) in [4.78, 5) is 4.38. The van der Waals surface area contributed by atoms with Crippen LogP contribution in [0.2, 0.25) is 0 Å². The number of aliphatic hydroxyl groups excluding tert-OH is 1. The SMILES string of the molecule is COc1cccc(C2(N)CCC(O)CC2)n1. The second kappa shape index (κ2) is 4.39. The van der Waals surface area contributed by atoms with E-state index in [2.05, 4.69) is 4.98 Å². The van der Waals surface area contributed by atoms with Gasteiger partial charge in [0.2, 0.25) is 5.88 Å². The van der Waals surface area contributed by atoms with Crippen LogP contribution < -0.4 is 10.5 Å². The number of aliphatic hydroxyl groups is 1. The molecule has 1 aliphatic carbocycles. The summed E-state index contributed by atoms with van der Waals surface area (Å²) in [7, 11) is 1.60. The zero-order valence-electron chi connectivity index (χ0n) is 9.52. The van der Waals surface area contributed by atoms with Gasteiger partial charge >= 0.3 is 0 Å². The van der Waals surface area contributed by atoms with Crippen LogP contribution in [-0.4, -0.2) is 23.3 Å². The number of hydrogen-bond acceptors (Lipinski definition) is 4. The molecule has 4 heteroatoms. The summed E-state index contributed by atoms with van der Waals surface area (Å²) in [6, 6.07) is 5.64. The van der Waals surface area contributed by atoms with E-state index in [0.717, 1.165) is 31.4 Å². The molecule has 1 saturated carbocycles. The summed E-state index contributed by atoms with van der Waals surface area (Å²) < 4.78 is 5.10. The average molecular weight is 222 g/mol. The highest BCUT2D eigenvalue weighted by Crippen LogP contribution is 2.34. The zero-order valence-corrected chi connectivity index (χ0v) is 9.52. The topological polar surface area (TPSA) is 68.4 Å². The molecule has 0 atom stereocenters. The van der Waals surface area contributed by atoms with E-state index < -0.39 is 5.54 Å². The summed E-state index contributed by atoms with van der Waals surface area (Å²) >= 11 is 0. The number of methoxy groups -OCH3 is 1. The first-order valence-corrected chi connectivity index (χ1v) is 5.62. The summed E-state index contributed by atoms with van der Waals surface area (Å²) in [6.07, 6.45) is 2.83. The average Bonchev–Trinajstić information content (AvgIpc) is 2.33. The molecule has 4 nitrogen and oxygen atoms in total. The van der Waals surface area contributed by atoms with Crippen LogP contribution >= 0.6 is 0 Å². The number of nitrogens with two attached hydrogens (primary N) is 1. The molecule has 1 aliphatic rings. The molecule has 0 aromatic carbocycles. The maximum Gasteiger partial charge on any atom is 0.213 e. The van der Waals surface area contributed by atoms with Gasteiger partial charge in [-0.3, -0.25) is 0 Å². The number of rotatable bonds is 2. The molecule has 1 aromatic rings. The summed E-state index contributed by atoms with van der Waals surface area (Å²) in [6.45, 7) is 0. The summed E-state index contributed by atoms with van der Waals surface area (Å²) in [5, 5.41) is 9.49. The van der Waals surface area contributed by atoms with Gasteiger partial charge in [-0.1, -0.05) is 6.07 Å². The monoisotopic (exact) mass is 222 g/mol. The molecular weight excluding hydrogens is 204 g/mol.